The highest BCUT2D eigenvalue weighted by atomic mass is 32.1. The lowest BCUT2D eigenvalue weighted by molar-refractivity contribution is 0.103. The molecule has 4 rings (SSSR count). The number of carbonyl (C=O) groups excluding carboxylic acids is 1. The summed E-state index contributed by atoms with van der Waals surface area (Å²) in [7, 11) is 0. The van der Waals surface area contributed by atoms with Gasteiger partial charge < -0.3 is 11.1 Å². The van der Waals surface area contributed by atoms with Gasteiger partial charge in [-0.3, -0.25) is 4.79 Å². The molecular formula is C24H28N4OS2. The summed E-state index contributed by atoms with van der Waals surface area (Å²) in [5.74, 6) is 0.611. The quantitative estimate of drug-likeness (QED) is 0.485. The van der Waals surface area contributed by atoms with Crippen LogP contribution in [-0.2, 0) is 12.8 Å². The zero-order valence-corrected chi connectivity index (χ0v) is 20.3. The Balaban J connectivity index is 1.65. The number of nitrogens with one attached hydrogen (secondary N) is 1. The van der Waals surface area contributed by atoms with E-state index in [0.717, 1.165) is 40.7 Å². The number of carbonyl (C=O) groups is 1. The van der Waals surface area contributed by atoms with Crippen LogP contribution in [0.1, 0.15) is 78.3 Å². The van der Waals surface area contributed by atoms with E-state index < -0.39 is 0 Å². The number of pyridine rings is 1. The van der Waals surface area contributed by atoms with Crippen molar-refractivity contribution in [3.63, 3.8) is 0 Å². The van der Waals surface area contributed by atoms with E-state index in [0.29, 0.717) is 33.0 Å². The van der Waals surface area contributed by atoms with Crippen LogP contribution in [-0.4, -0.2) is 10.9 Å². The van der Waals surface area contributed by atoms with Gasteiger partial charge in [-0.1, -0.05) is 34.6 Å². The predicted molar refractivity (Wildman–Crippen MR) is 130 cm³/mol. The number of nitrogens with two attached hydrogens (primary N) is 1. The number of anilines is 2. The highest BCUT2D eigenvalue weighted by Gasteiger charge is 2.32. The van der Waals surface area contributed by atoms with Gasteiger partial charge in [0.2, 0.25) is 0 Å². The SMILES string of the molecule is CC(C)c1ccc2c(N)c(C(=O)Nc3sc4c(c3C#N)CCC(C(C)(C)C)C4)sc2n1. The second-order valence-electron chi connectivity index (χ2n) is 9.67. The largest absolute Gasteiger partial charge is 0.397 e. The van der Waals surface area contributed by atoms with E-state index in [4.69, 9.17) is 5.73 Å². The number of rotatable bonds is 3. The van der Waals surface area contributed by atoms with Gasteiger partial charge in [0, 0.05) is 16.0 Å². The number of hydrogen-bond acceptors (Lipinski definition) is 6. The standard InChI is InChI=1S/C24H28N4OS2/c1-12(2)17-9-8-15-19(26)20(31-22(15)27-17)21(29)28-23-16(11-25)14-7-6-13(24(3,4)5)10-18(14)30-23/h8-9,12-13H,6-7,10,26H2,1-5H3,(H,28,29). The monoisotopic (exact) mass is 452 g/mol. The molecular weight excluding hydrogens is 424 g/mol. The number of thiophene rings is 2. The molecule has 1 atom stereocenters. The molecule has 0 saturated carbocycles. The molecule has 3 heterocycles. The van der Waals surface area contributed by atoms with Crippen molar-refractivity contribution in [2.45, 2.75) is 59.8 Å². The molecule has 0 bridgehead atoms. The zero-order valence-electron chi connectivity index (χ0n) is 18.6. The van der Waals surface area contributed by atoms with Crippen molar-refractivity contribution in [3.8, 4) is 6.07 Å². The average molecular weight is 453 g/mol. The molecule has 1 unspecified atom stereocenters. The average Bonchev–Trinajstić information content (AvgIpc) is 3.23. The smallest absolute Gasteiger partial charge is 0.268 e. The van der Waals surface area contributed by atoms with Crippen LogP contribution in [0.15, 0.2) is 12.1 Å². The number of aromatic nitrogens is 1. The maximum absolute atomic E-state index is 13.1. The summed E-state index contributed by atoms with van der Waals surface area (Å²) in [5, 5.41) is 14.2. The fourth-order valence-corrected chi connectivity index (χ4v) is 6.46. The fourth-order valence-electron chi connectivity index (χ4n) is 4.19. The fraction of sp³-hybridized carbons (Fsp3) is 0.458. The van der Waals surface area contributed by atoms with Crippen LogP contribution in [0.4, 0.5) is 10.7 Å². The Morgan fingerprint density at radius 2 is 2.06 bits per heavy atom. The normalized spacial score (nSPS) is 16.4. The number of hydrogen-bond donors (Lipinski definition) is 2. The second kappa shape index (κ2) is 7.92. The molecule has 0 aromatic carbocycles. The van der Waals surface area contributed by atoms with Crippen molar-refractivity contribution < 1.29 is 4.79 Å². The summed E-state index contributed by atoms with van der Waals surface area (Å²) in [6, 6.07) is 6.24. The van der Waals surface area contributed by atoms with E-state index in [2.05, 4.69) is 51.0 Å². The van der Waals surface area contributed by atoms with Gasteiger partial charge in [-0.05, 0) is 54.2 Å². The number of fused-ring (bicyclic) bond motifs is 2. The van der Waals surface area contributed by atoms with Crippen LogP contribution >= 0.6 is 22.7 Å². The molecule has 0 saturated heterocycles. The zero-order chi connectivity index (χ0) is 22.5. The minimum atomic E-state index is -0.269. The number of nitrogens with zero attached hydrogens (tertiary/aromatic N) is 2. The first-order valence-electron chi connectivity index (χ1n) is 10.6. The van der Waals surface area contributed by atoms with Gasteiger partial charge in [0.15, 0.2) is 0 Å². The van der Waals surface area contributed by atoms with E-state index in [9.17, 15) is 10.1 Å². The van der Waals surface area contributed by atoms with Crippen LogP contribution in [0.3, 0.4) is 0 Å². The van der Waals surface area contributed by atoms with Gasteiger partial charge in [0.25, 0.3) is 5.91 Å². The molecule has 162 valence electrons. The molecule has 0 aliphatic heterocycles. The summed E-state index contributed by atoms with van der Waals surface area (Å²) in [5.41, 5.74) is 9.68. The first kappa shape index (κ1) is 21.8. The lowest BCUT2D eigenvalue weighted by Gasteiger charge is -2.33. The minimum Gasteiger partial charge on any atom is -0.397 e. The van der Waals surface area contributed by atoms with E-state index in [-0.39, 0.29) is 11.3 Å². The lowest BCUT2D eigenvalue weighted by atomic mass is 9.72. The van der Waals surface area contributed by atoms with Crippen molar-refractivity contribution in [2.24, 2.45) is 11.3 Å². The van der Waals surface area contributed by atoms with Crippen LogP contribution in [0, 0.1) is 22.7 Å². The highest BCUT2D eigenvalue weighted by molar-refractivity contribution is 7.21. The lowest BCUT2D eigenvalue weighted by Crippen LogP contribution is -2.26. The van der Waals surface area contributed by atoms with Crippen molar-refractivity contribution in [2.75, 3.05) is 11.1 Å². The van der Waals surface area contributed by atoms with Gasteiger partial charge >= 0.3 is 0 Å². The Labute approximate surface area is 191 Å². The molecule has 0 spiro atoms. The summed E-state index contributed by atoms with van der Waals surface area (Å²) in [4.78, 5) is 20.2. The van der Waals surface area contributed by atoms with Crippen LogP contribution in [0.5, 0.6) is 0 Å². The van der Waals surface area contributed by atoms with E-state index in [1.807, 2.05) is 12.1 Å². The van der Waals surface area contributed by atoms with Crippen LogP contribution in [0.25, 0.3) is 10.2 Å². The van der Waals surface area contributed by atoms with Gasteiger partial charge in [0.05, 0.1) is 11.3 Å². The van der Waals surface area contributed by atoms with Gasteiger partial charge in [-0.25, -0.2) is 4.98 Å². The molecule has 7 heteroatoms. The van der Waals surface area contributed by atoms with Gasteiger partial charge in [0.1, 0.15) is 20.8 Å². The summed E-state index contributed by atoms with van der Waals surface area (Å²) in [6.07, 6.45) is 2.92. The highest BCUT2D eigenvalue weighted by Crippen LogP contribution is 2.44. The van der Waals surface area contributed by atoms with Crippen LogP contribution < -0.4 is 11.1 Å². The van der Waals surface area contributed by atoms with Crippen molar-refractivity contribution in [1.82, 2.24) is 4.98 Å². The molecule has 31 heavy (non-hydrogen) atoms. The summed E-state index contributed by atoms with van der Waals surface area (Å²) in [6.45, 7) is 11.0. The molecule has 3 N–H and O–H groups in total. The Morgan fingerprint density at radius 3 is 2.71 bits per heavy atom. The number of nitrogen functional groups attached to an aromatic ring is 1. The molecule has 0 fully saturated rings. The topological polar surface area (TPSA) is 91.8 Å². The summed E-state index contributed by atoms with van der Waals surface area (Å²) < 4.78 is 0. The molecule has 3 aromatic rings. The molecule has 1 aliphatic carbocycles. The van der Waals surface area contributed by atoms with Gasteiger partial charge in [-0.15, -0.1) is 22.7 Å². The predicted octanol–water partition coefficient (Wildman–Crippen LogP) is 6.34. The third kappa shape index (κ3) is 3.95. The first-order chi connectivity index (χ1) is 14.6. The molecule has 1 aliphatic rings. The maximum Gasteiger partial charge on any atom is 0.268 e. The van der Waals surface area contributed by atoms with Gasteiger partial charge in [-0.2, -0.15) is 5.26 Å². The molecule has 5 nitrogen and oxygen atoms in total. The Hall–Kier alpha value is -2.43. The molecule has 3 aromatic heterocycles. The Kier molecular flexibility index (Phi) is 5.57. The first-order valence-corrected chi connectivity index (χ1v) is 12.3. The van der Waals surface area contributed by atoms with E-state index >= 15 is 0 Å². The molecule has 1 amide bonds. The third-order valence-corrected chi connectivity index (χ3v) is 8.53. The van der Waals surface area contributed by atoms with E-state index in [1.165, 1.54) is 16.2 Å². The second-order valence-corrected chi connectivity index (χ2v) is 11.8. The third-order valence-electron chi connectivity index (χ3n) is 6.24. The Bertz CT molecular complexity index is 1210. The minimum absolute atomic E-state index is 0.227. The maximum atomic E-state index is 13.1. The van der Waals surface area contributed by atoms with Crippen molar-refractivity contribution in [3.05, 3.63) is 38.7 Å². The van der Waals surface area contributed by atoms with Crippen molar-refractivity contribution in [1.29, 1.82) is 5.26 Å². The van der Waals surface area contributed by atoms with E-state index in [1.54, 1.807) is 11.3 Å². The van der Waals surface area contributed by atoms with Crippen molar-refractivity contribution >= 4 is 49.5 Å². The summed E-state index contributed by atoms with van der Waals surface area (Å²) >= 11 is 2.85. The number of nitriles is 1. The molecule has 0 radical (unpaired) electrons. The van der Waals surface area contributed by atoms with Crippen LogP contribution in [0.2, 0.25) is 0 Å². The number of amides is 1. The Morgan fingerprint density at radius 1 is 1.32 bits per heavy atom.